The summed E-state index contributed by atoms with van der Waals surface area (Å²) in [6.07, 6.45) is 2.91. The lowest BCUT2D eigenvalue weighted by molar-refractivity contribution is 0.894. The zero-order valence-electron chi connectivity index (χ0n) is 9.21. The van der Waals surface area contributed by atoms with Crippen LogP contribution in [0.5, 0.6) is 0 Å². The molecule has 0 aliphatic heterocycles. The van der Waals surface area contributed by atoms with Crippen molar-refractivity contribution in [3.05, 3.63) is 52.7 Å². The summed E-state index contributed by atoms with van der Waals surface area (Å²) in [5, 5.41) is 4.68. The van der Waals surface area contributed by atoms with Crippen molar-refractivity contribution in [2.75, 3.05) is 0 Å². The smallest absolute Gasteiger partial charge is 0.261 e. The minimum Gasteiger partial charge on any atom is -0.312 e. The molecule has 0 atom stereocenters. The van der Waals surface area contributed by atoms with Gasteiger partial charge in [-0.2, -0.15) is 5.10 Å². The number of hydrogen-bond donors (Lipinski definition) is 1. The van der Waals surface area contributed by atoms with Crippen LogP contribution in [0.4, 0.5) is 0 Å². The molecular weight excluding hydrogens is 216 g/mol. The van der Waals surface area contributed by atoms with Gasteiger partial charge in [-0.25, -0.2) is 9.67 Å². The molecule has 0 fully saturated rings. The highest BCUT2D eigenvalue weighted by molar-refractivity contribution is 5.74. The van der Waals surface area contributed by atoms with E-state index in [1.807, 2.05) is 31.2 Å². The predicted octanol–water partition coefficient (Wildman–Crippen LogP) is 1.42. The summed E-state index contributed by atoms with van der Waals surface area (Å²) < 4.78 is 1.66. The maximum absolute atomic E-state index is 11.5. The van der Waals surface area contributed by atoms with Gasteiger partial charge in [0.15, 0.2) is 5.65 Å². The Labute approximate surface area is 96.7 Å². The summed E-state index contributed by atoms with van der Waals surface area (Å²) in [6, 6.07) is 7.89. The number of aromatic nitrogens is 4. The fourth-order valence-corrected chi connectivity index (χ4v) is 1.73. The van der Waals surface area contributed by atoms with E-state index in [0.29, 0.717) is 11.0 Å². The Balaban J connectivity index is 2.28. The Morgan fingerprint density at radius 1 is 1.24 bits per heavy atom. The Morgan fingerprint density at radius 3 is 2.76 bits per heavy atom. The van der Waals surface area contributed by atoms with E-state index in [0.717, 1.165) is 5.69 Å². The zero-order valence-corrected chi connectivity index (χ0v) is 9.21. The Kier molecular flexibility index (Phi) is 2.04. The monoisotopic (exact) mass is 226 g/mol. The van der Waals surface area contributed by atoms with Crippen molar-refractivity contribution in [1.29, 1.82) is 0 Å². The second-order valence-corrected chi connectivity index (χ2v) is 3.86. The van der Waals surface area contributed by atoms with Crippen LogP contribution in [0.25, 0.3) is 16.7 Å². The lowest BCUT2D eigenvalue weighted by atomic mass is 10.2. The molecule has 0 spiro atoms. The number of rotatable bonds is 1. The molecule has 2 heterocycles. The summed E-state index contributed by atoms with van der Waals surface area (Å²) >= 11 is 0. The molecule has 0 amide bonds. The molecule has 0 bridgehead atoms. The van der Waals surface area contributed by atoms with Crippen molar-refractivity contribution >= 4 is 11.0 Å². The number of hydrogen-bond acceptors (Lipinski definition) is 3. The topological polar surface area (TPSA) is 63.6 Å². The first-order valence-corrected chi connectivity index (χ1v) is 5.24. The molecule has 5 nitrogen and oxygen atoms in total. The Bertz CT molecular complexity index is 724. The zero-order chi connectivity index (χ0) is 11.8. The summed E-state index contributed by atoms with van der Waals surface area (Å²) in [5.74, 6) is 0. The average molecular weight is 226 g/mol. The molecule has 84 valence electrons. The quantitative estimate of drug-likeness (QED) is 0.682. The Hall–Kier alpha value is -2.43. The fourth-order valence-electron chi connectivity index (χ4n) is 1.73. The molecule has 0 radical (unpaired) electrons. The molecule has 1 N–H and O–H groups in total. The minimum absolute atomic E-state index is 0.173. The van der Waals surface area contributed by atoms with Gasteiger partial charge in [-0.05, 0) is 19.1 Å². The lowest BCUT2D eigenvalue weighted by Gasteiger charge is -2.02. The highest BCUT2D eigenvalue weighted by Crippen LogP contribution is 2.13. The van der Waals surface area contributed by atoms with Crippen LogP contribution in [-0.4, -0.2) is 19.7 Å². The molecule has 0 aliphatic carbocycles. The van der Waals surface area contributed by atoms with E-state index in [1.54, 1.807) is 4.68 Å². The summed E-state index contributed by atoms with van der Waals surface area (Å²) in [4.78, 5) is 18.2. The molecule has 0 saturated heterocycles. The molecule has 0 unspecified atom stereocenters. The molecule has 2 aromatic heterocycles. The van der Waals surface area contributed by atoms with Crippen LogP contribution in [0.1, 0.15) is 5.56 Å². The van der Waals surface area contributed by atoms with Crippen molar-refractivity contribution in [1.82, 2.24) is 19.7 Å². The van der Waals surface area contributed by atoms with Gasteiger partial charge in [0.1, 0.15) is 5.39 Å². The van der Waals surface area contributed by atoms with Gasteiger partial charge in [0.2, 0.25) is 0 Å². The standard InChI is InChI=1S/C12H10N4O/c1-8-2-4-9(5-3-8)16-11-10(6-15-16)12(17)14-7-13-11/h2-7H,1H3,(H,13,14,17). The van der Waals surface area contributed by atoms with Gasteiger partial charge < -0.3 is 4.98 Å². The molecule has 1 aromatic carbocycles. The van der Waals surface area contributed by atoms with Crippen LogP contribution in [-0.2, 0) is 0 Å². The molecular formula is C12H10N4O. The van der Waals surface area contributed by atoms with Gasteiger partial charge in [0.05, 0.1) is 18.2 Å². The van der Waals surface area contributed by atoms with Gasteiger partial charge in [0, 0.05) is 0 Å². The average Bonchev–Trinajstić information content (AvgIpc) is 2.75. The molecule has 0 aliphatic rings. The third kappa shape index (κ3) is 1.52. The number of benzene rings is 1. The number of nitrogens with zero attached hydrogens (tertiary/aromatic N) is 3. The van der Waals surface area contributed by atoms with Crippen molar-refractivity contribution < 1.29 is 0 Å². The molecule has 5 heteroatoms. The van der Waals surface area contributed by atoms with Crippen LogP contribution in [0.2, 0.25) is 0 Å². The fraction of sp³-hybridized carbons (Fsp3) is 0.0833. The largest absolute Gasteiger partial charge is 0.312 e. The van der Waals surface area contributed by atoms with E-state index in [4.69, 9.17) is 0 Å². The lowest BCUT2D eigenvalue weighted by Crippen LogP contribution is -2.06. The molecule has 0 saturated carbocycles. The summed E-state index contributed by atoms with van der Waals surface area (Å²) in [6.45, 7) is 2.02. The van der Waals surface area contributed by atoms with Crippen molar-refractivity contribution in [3.63, 3.8) is 0 Å². The van der Waals surface area contributed by atoms with Gasteiger partial charge in [-0.3, -0.25) is 4.79 Å². The molecule has 3 aromatic rings. The van der Waals surface area contributed by atoms with Crippen molar-refractivity contribution in [2.45, 2.75) is 6.92 Å². The van der Waals surface area contributed by atoms with E-state index >= 15 is 0 Å². The van der Waals surface area contributed by atoms with E-state index in [1.165, 1.54) is 18.1 Å². The van der Waals surface area contributed by atoms with Gasteiger partial charge in [-0.1, -0.05) is 17.7 Å². The third-order valence-electron chi connectivity index (χ3n) is 2.65. The first kappa shape index (κ1) is 9.77. The Morgan fingerprint density at radius 2 is 2.00 bits per heavy atom. The van der Waals surface area contributed by atoms with Crippen LogP contribution in [0.3, 0.4) is 0 Å². The van der Waals surface area contributed by atoms with E-state index in [9.17, 15) is 4.79 Å². The second kappa shape index (κ2) is 3.55. The molecule has 3 rings (SSSR count). The second-order valence-electron chi connectivity index (χ2n) is 3.86. The first-order valence-electron chi connectivity index (χ1n) is 5.24. The SMILES string of the molecule is Cc1ccc(-n2ncc3c(=O)[nH]cnc32)cc1. The number of aryl methyl sites for hydroxylation is 1. The normalized spacial score (nSPS) is 10.9. The summed E-state index contributed by atoms with van der Waals surface area (Å²) in [7, 11) is 0. The van der Waals surface area contributed by atoms with Crippen molar-refractivity contribution in [2.24, 2.45) is 0 Å². The minimum atomic E-state index is -0.173. The summed E-state index contributed by atoms with van der Waals surface area (Å²) in [5.41, 5.74) is 2.46. The van der Waals surface area contributed by atoms with Gasteiger partial charge in [-0.15, -0.1) is 0 Å². The van der Waals surface area contributed by atoms with E-state index in [2.05, 4.69) is 15.1 Å². The maximum atomic E-state index is 11.5. The molecule has 17 heavy (non-hydrogen) atoms. The van der Waals surface area contributed by atoms with E-state index in [-0.39, 0.29) is 5.56 Å². The van der Waals surface area contributed by atoms with Crippen LogP contribution in [0.15, 0.2) is 41.6 Å². The highest BCUT2D eigenvalue weighted by Gasteiger charge is 2.07. The predicted molar refractivity (Wildman–Crippen MR) is 64.2 cm³/mol. The van der Waals surface area contributed by atoms with Gasteiger partial charge >= 0.3 is 0 Å². The van der Waals surface area contributed by atoms with Crippen molar-refractivity contribution in [3.8, 4) is 5.69 Å². The maximum Gasteiger partial charge on any atom is 0.261 e. The van der Waals surface area contributed by atoms with Crippen LogP contribution < -0.4 is 5.56 Å². The van der Waals surface area contributed by atoms with Crippen LogP contribution in [0, 0.1) is 6.92 Å². The van der Waals surface area contributed by atoms with Gasteiger partial charge in [0.25, 0.3) is 5.56 Å². The number of aromatic amines is 1. The third-order valence-corrected chi connectivity index (χ3v) is 2.65. The number of nitrogens with one attached hydrogen (secondary N) is 1. The number of H-pyrrole nitrogens is 1. The first-order chi connectivity index (χ1) is 8.25. The van der Waals surface area contributed by atoms with Crippen LogP contribution >= 0.6 is 0 Å². The highest BCUT2D eigenvalue weighted by atomic mass is 16.1. The van der Waals surface area contributed by atoms with E-state index < -0.39 is 0 Å². The number of fused-ring (bicyclic) bond motifs is 1.